The number of H-pyrrole nitrogens is 2. The van der Waals surface area contributed by atoms with Gasteiger partial charge in [-0.2, -0.15) is 15.3 Å². The van der Waals surface area contributed by atoms with E-state index in [-0.39, 0.29) is 5.91 Å². The molecular formula is C22H19N11O. The molecule has 6 rings (SSSR count). The molecule has 168 valence electrons. The zero-order chi connectivity index (χ0) is 22.9. The second-order valence-electron chi connectivity index (χ2n) is 7.72. The van der Waals surface area contributed by atoms with E-state index in [9.17, 15) is 4.79 Å². The van der Waals surface area contributed by atoms with Gasteiger partial charge >= 0.3 is 0 Å². The Bertz CT molecular complexity index is 1510. The average Bonchev–Trinajstić information content (AvgIpc) is 3.66. The van der Waals surface area contributed by atoms with Crippen molar-refractivity contribution in [2.75, 3.05) is 5.32 Å². The number of amidine groups is 1. The lowest BCUT2D eigenvalue weighted by molar-refractivity contribution is 0.102. The van der Waals surface area contributed by atoms with Crippen LogP contribution < -0.4 is 21.8 Å². The summed E-state index contributed by atoms with van der Waals surface area (Å²) in [5.41, 5.74) is 13.9. The summed E-state index contributed by atoms with van der Waals surface area (Å²) in [5.74, 6) is 0.396. The van der Waals surface area contributed by atoms with E-state index in [1.165, 1.54) is 0 Å². The zero-order valence-electron chi connectivity index (χ0n) is 17.7. The van der Waals surface area contributed by atoms with Crippen LogP contribution >= 0.6 is 0 Å². The summed E-state index contributed by atoms with van der Waals surface area (Å²) < 4.78 is 1.76. The maximum absolute atomic E-state index is 12.9. The van der Waals surface area contributed by atoms with Crippen molar-refractivity contribution >= 4 is 28.3 Å². The van der Waals surface area contributed by atoms with Crippen molar-refractivity contribution in [3.05, 3.63) is 84.1 Å². The van der Waals surface area contributed by atoms with Crippen LogP contribution in [-0.4, -0.2) is 41.9 Å². The van der Waals surface area contributed by atoms with Crippen molar-refractivity contribution in [2.45, 2.75) is 6.54 Å². The third-order valence-corrected chi connectivity index (χ3v) is 5.45. The molecule has 1 amide bonds. The molecule has 3 aromatic heterocycles. The Balaban J connectivity index is 1.16. The highest BCUT2D eigenvalue weighted by Gasteiger charge is 2.16. The third-order valence-electron chi connectivity index (χ3n) is 5.45. The molecule has 34 heavy (non-hydrogen) atoms. The van der Waals surface area contributed by atoms with Crippen LogP contribution in [0.4, 0.5) is 5.69 Å². The van der Waals surface area contributed by atoms with E-state index >= 15 is 0 Å². The number of aromatic amines is 2. The zero-order valence-corrected chi connectivity index (χ0v) is 17.7. The number of hydrazone groups is 1. The molecule has 0 aliphatic carbocycles. The van der Waals surface area contributed by atoms with E-state index < -0.39 is 0 Å². The fourth-order valence-electron chi connectivity index (χ4n) is 3.83. The van der Waals surface area contributed by atoms with Crippen molar-refractivity contribution < 1.29 is 4.79 Å². The average molecular weight is 453 g/mol. The molecule has 0 fully saturated rings. The van der Waals surface area contributed by atoms with Gasteiger partial charge in [0.25, 0.3) is 5.91 Å². The first kappa shape index (κ1) is 19.7. The largest absolute Gasteiger partial charge is 0.318 e. The summed E-state index contributed by atoms with van der Waals surface area (Å²) in [6.07, 6.45) is 6.95. The second kappa shape index (κ2) is 8.18. The number of hydrogen-bond acceptors (Lipinski definition) is 8. The van der Waals surface area contributed by atoms with E-state index in [2.05, 4.69) is 52.4 Å². The minimum Gasteiger partial charge on any atom is -0.318 e. The lowest BCUT2D eigenvalue weighted by atomic mass is 10.1. The summed E-state index contributed by atoms with van der Waals surface area (Å²) >= 11 is 0. The predicted octanol–water partition coefficient (Wildman–Crippen LogP) is 1.72. The van der Waals surface area contributed by atoms with Crippen molar-refractivity contribution in [3.8, 4) is 11.1 Å². The molecule has 0 radical (unpaired) electrons. The maximum Gasteiger partial charge on any atom is 0.276 e. The molecule has 12 nitrogen and oxygen atoms in total. The molecule has 5 aromatic rings. The van der Waals surface area contributed by atoms with Gasteiger partial charge in [0.2, 0.25) is 0 Å². The molecule has 2 aromatic carbocycles. The highest BCUT2D eigenvalue weighted by Crippen LogP contribution is 2.24. The second-order valence-corrected chi connectivity index (χ2v) is 7.72. The number of nitrogens with one attached hydrogen (secondary N) is 6. The Labute approximate surface area is 192 Å². The molecule has 0 saturated carbocycles. The molecule has 0 unspecified atom stereocenters. The van der Waals surface area contributed by atoms with Crippen LogP contribution in [0.15, 0.2) is 72.4 Å². The Morgan fingerprint density at radius 3 is 2.88 bits per heavy atom. The number of carbonyl (C=O) groups excluding carboxylic acids is 1. The number of hydrogen-bond donors (Lipinski definition) is 6. The van der Waals surface area contributed by atoms with Crippen LogP contribution in [0.1, 0.15) is 21.6 Å². The predicted molar refractivity (Wildman–Crippen MR) is 125 cm³/mol. The lowest BCUT2D eigenvalue weighted by Gasteiger charge is -2.05. The maximum atomic E-state index is 12.9. The van der Waals surface area contributed by atoms with Gasteiger partial charge in [-0.15, -0.1) is 10.6 Å². The van der Waals surface area contributed by atoms with Crippen molar-refractivity contribution in [1.82, 2.24) is 46.7 Å². The molecule has 12 heteroatoms. The van der Waals surface area contributed by atoms with Crippen LogP contribution in [0.2, 0.25) is 0 Å². The molecule has 0 atom stereocenters. The number of anilines is 1. The van der Waals surface area contributed by atoms with Crippen molar-refractivity contribution in [3.63, 3.8) is 0 Å². The topological polar surface area (TPSA) is 153 Å². The normalized spacial score (nSPS) is 12.9. The summed E-state index contributed by atoms with van der Waals surface area (Å²) in [7, 11) is 0. The Morgan fingerprint density at radius 1 is 1.06 bits per heavy atom. The first-order chi connectivity index (χ1) is 16.7. The summed E-state index contributed by atoms with van der Waals surface area (Å²) in [6.45, 7) is 0.542. The number of fused-ring (bicyclic) bond motifs is 1. The van der Waals surface area contributed by atoms with Gasteiger partial charge in [0.05, 0.1) is 30.1 Å². The highest BCUT2D eigenvalue weighted by molar-refractivity contribution is 6.11. The highest BCUT2D eigenvalue weighted by atomic mass is 16.2. The van der Waals surface area contributed by atoms with Gasteiger partial charge in [-0.1, -0.05) is 24.3 Å². The number of aromatic nitrogens is 6. The van der Waals surface area contributed by atoms with E-state index in [0.29, 0.717) is 23.8 Å². The molecular weight excluding hydrogens is 434 g/mol. The number of amides is 1. The molecule has 0 saturated heterocycles. The van der Waals surface area contributed by atoms with Crippen LogP contribution in [-0.2, 0) is 6.54 Å². The van der Waals surface area contributed by atoms with Gasteiger partial charge in [0, 0.05) is 28.9 Å². The van der Waals surface area contributed by atoms with Crippen molar-refractivity contribution in [1.29, 1.82) is 0 Å². The minimum absolute atomic E-state index is 0.311. The monoisotopic (exact) mass is 453 g/mol. The standard InChI is InChI=1S/C22H19N11O/c34-22(20-18-5-4-14(7-19(18)27-28-20)16-8-23-24-9-16)26-17-10-25-33(12-17)11-13-2-1-3-15(6-13)21-29-31-32-30-21/h1-10,12,31-32H,11H2,(H,23,24)(H,26,34)(H,27,28)(H,29,30). The van der Waals surface area contributed by atoms with Crippen LogP contribution in [0.3, 0.4) is 0 Å². The van der Waals surface area contributed by atoms with Gasteiger partial charge in [0.1, 0.15) is 0 Å². The SMILES string of the molecule is O=C(Nc1cnn(Cc2cccc(C3=NNNN3)c2)c1)c1n[nH]c2cc(-c3cn[nH]c3)ccc12. The Morgan fingerprint density at radius 2 is 2.03 bits per heavy atom. The van der Waals surface area contributed by atoms with Gasteiger partial charge in [-0.3, -0.25) is 25.1 Å². The van der Waals surface area contributed by atoms with Crippen LogP contribution in [0.25, 0.3) is 22.0 Å². The fraction of sp³-hybridized carbons (Fsp3) is 0.0455. The Kier molecular flexibility index (Phi) is 4.74. The van der Waals surface area contributed by atoms with Crippen LogP contribution in [0, 0.1) is 0 Å². The number of nitrogens with zero attached hydrogens (tertiary/aromatic N) is 5. The molecule has 1 aliphatic heterocycles. The van der Waals surface area contributed by atoms with Crippen molar-refractivity contribution in [2.24, 2.45) is 5.10 Å². The van der Waals surface area contributed by atoms with Gasteiger partial charge in [0.15, 0.2) is 11.5 Å². The molecule has 1 aliphatic rings. The van der Waals surface area contributed by atoms with E-state index in [1.54, 1.807) is 23.3 Å². The molecule has 6 N–H and O–H groups in total. The van der Waals surface area contributed by atoms with E-state index in [4.69, 9.17) is 0 Å². The summed E-state index contributed by atoms with van der Waals surface area (Å²) in [4.78, 5) is 12.9. The quantitative estimate of drug-likeness (QED) is 0.229. The van der Waals surface area contributed by atoms with E-state index in [1.807, 2.05) is 48.7 Å². The number of carbonyl (C=O) groups is 1. The lowest BCUT2D eigenvalue weighted by Crippen LogP contribution is -2.35. The third kappa shape index (κ3) is 3.73. The minimum atomic E-state index is -0.311. The summed E-state index contributed by atoms with van der Waals surface area (Å²) in [6, 6.07) is 13.7. The number of hydrazine groups is 2. The number of benzene rings is 2. The first-order valence-electron chi connectivity index (χ1n) is 10.5. The summed E-state index contributed by atoms with van der Waals surface area (Å²) in [5, 5.41) is 26.0. The van der Waals surface area contributed by atoms with Crippen LogP contribution in [0.5, 0.6) is 0 Å². The van der Waals surface area contributed by atoms with Gasteiger partial charge < -0.3 is 5.32 Å². The Hall–Kier alpha value is -4.97. The molecule has 0 bridgehead atoms. The smallest absolute Gasteiger partial charge is 0.276 e. The van der Waals surface area contributed by atoms with E-state index in [0.717, 1.165) is 33.2 Å². The fourth-order valence-corrected chi connectivity index (χ4v) is 3.83. The molecule has 0 spiro atoms. The van der Waals surface area contributed by atoms with Gasteiger partial charge in [-0.25, -0.2) is 5.53 Å². The van der Waals surface area contributed by atoms with Gasteiger partial charge in [-0.05, 0) is 29.3 Å². The number of rotatable bonds is 6. The molecule has 4 heterocycles. The first-order valence-corrected chi connectivity index (χ1v) is 10.5.